The number of unbranched alkanes of at least 4 members (excludes halogenated alkanes) is 3. The first-order chi connectivity index (χ1) is 13.3. The molecule has 0 fully saturated rings. The van der Waals surface area contributed by atoms with Gasteiger partial charge in [0.25, 0.3) is 0 Å². The molecule has 1 aromatic rings. The maximum atomic E-state index is 5.80. The van der Waals surface area contributed by atoms with Gasteiger partial charge in [0.1, 0.15) is 5.75 Å². The normalized spacial score (nSPS) is 12.3. The molecule has 0 saturated carbocycles. The largest absolute Gasteiger partial charge is 0.494 e. The van der Waals surface area contributed by atoms with Gasteiger partial charge in [-0.1, -0.05) is 25.5 Å². The molecule has 0 saturated heterocycles. The summed E-state index contributed by atoms with van der Waals surface area (Å²) in [7, 11) is 1.97. The van der Waals surface area contributed by atoms with Gasteiger partial charge in [-0.3, -0.25) is 0 Å². The van der Waals surface area contributed by atoms with Crippen LogP contribution in [-0.2, 0) is 14.2 Å². The average molecular weight is 382 g/mol. The van der Waals surface area contributed by atoms with Crippen molar-refractivity contribution in [3.05, 3.63) is 29.8 Å². The Kier molecular flexibility index (Phi) is 15.0. The molecule has 0 spiro atoms. The van der Waals surface area contributed by atoms with Gasteiger partial charge in [-0.25, -0.2) is 0 Å². The van der Waals surface area contributed by atoms with E-state index >= 15 is 0 Å². The third kappa shape index (κ3) is 12.8. The minimum Gasteiger partial charge on any atom is -0.494 e. The maximum Gasteiger partial charge on any atom is 0.119 e. The first-order valence-corrected chi connectivity index (χ1v) is 10.4. The quantitative estimate of drug-likeness (QED) is 0.383. The van der Waals surface area contributed by atoms with Crippen molar-refractivity contribution in [3.8, 4) is 5.75 Å². The van der Waals surface area contributed by atoms with Gasteiger partial charge >= 0.3 is 0 Å². The molecule has 0 bridgehead atoms. The first kappa shape index (κ1) is 23.9. The highest BCUT2D eigenvalue weighted by Crippen LogP contribution is 2.17. The predicted octanol–water partition coefficient (Wildman–Crippen LogP) is 4.37. The topological polar surface area (TPSA) is 49.0 Å². The van der Waals surface area contributed by atoms with Crippen LogP contribution in [0.2, 0.25) is 0 Å². The fourth-order valence-corrected chi connectivity index (χ4v) is 2.56. The summed E-state index contributed by atoms with van der Waals surface area (Å²) in [5.41, 5.74) is 1.28. The molecule has 27 heavy (non-hydrogen) atoms. The molecule has 1 N–H and O–H groups in total. The highest BCUT2D eigenvalue weighted by molar-refractivity contribution is 5.28. The molecular weight excluding hydrogens is 342 g/mol. The Labute approximate surface area is 165 Å². The molecule has 0 aromatic heterocycles. The van der Waals surface area contributed by atoms with Crippen molar-refractivity contribution in [3.63, 3.8) is 0 Å². The molecule has 1 aromatic carbocycles. The number of hydrogen-bond acceptors (Lipinski definition) is 5. The molecule has 5 nitrogen and oxygen atoms in total. The van der Waals surface area contributed by atoms with Crippen LogP contribution in [0.25, 0.3) is 0 Å². The Morgan fingerprint density at radius 3 is 1.89 bits per heavy atom. The second-order valence-electron chi connectivity index (χ2n) is 6.68. The molecule has 0 amide bonds. The van der Waals surface area contributed by atoms with Crippen LogP contribution in [0.5, 0.6) is 5.75 Å². The summed E-state index contributed by atoms with van der Waals surface area (Å²) >= 11 is 0. The van der Waals surface area contributed by atoms with Crippen LogP contribution in [0, 0.1) is 0 Å². The lowest BCUT2D eigenvalue weighted by Crippen LogP contribution is -2.11. The molecule has 5 heteroatoms. The lowest BCUT2D eigenvalue weighted by molar-refractivity contribution is 0.0140. The molecule has 156 valence electrons. The summed E-state index contributed by atoms with van der Waals surface area (Å²) in [6.07, 6.45) is 5.57. The summed E-state index contributed by atoms with van der Waals surface area (Å²) in [5, 5.41) is 3.24. The van der Waals surface area contributed by atoms with Gasteiger partial charge in [0.05, 0.1) is 33.0 Å². The molecule has 1 rings (SSSR count). The Hall–Kier alpha value is -1.14. The zero-order chi connectivity index (χ0) is 19.6. The first-order valence-electron chi connectivity index (χ1n) is 10.4. The van der Waals surface area contributed by atoms with Gasteiger partial charge in [0, 0.05) is 19.3 Å². The van der Waals surface area contributed by atoms with Gasteiger partial charge in [-0.15, -0.1) is 0 Å². The van der Waals surface area contributed by atoms with E-state index in [1.165, 1.54) is 18.4 Å². The molecule has 0 aliphatic heterocycles. The summed E-state index contributed by atoms with van der Waals surface area (Å²) in [6, 6.07) is 8.71. The second kappa shape index (κ2) is 17.0. The lowest BCUT2D eigenvalue weighted by Gasteiger charge is -2.11. The third-order valence-electron chi connectivity index (χ3n) is 4.36. The van der Waals surface area contributed by atoms with Crippen molar-refractivity contribution in [2.75, 3.05) is 53.3 Å². The second-order valence-corrected chi connectivity index (χ2v) is 6.68. The third-order valence-corrected chi connectivity index (χ3v) is 4.36. The molecule has 0 aliphatic rings. The van der Waals surface area contributed by atoms with Crippen LogP contribution in [0.3, 0.4) is 0 Å². The number of rotatable bonds is 18. The lowest BCUT2D eigenvalue weighted by atomic mass is 10.1. The van der Waals surface area contributed by atoms with E-state index in [1.807, 2.05) is 7.05 Å². The van der Waals surface area contributed by atoms with Crippen molar-refractivity contribution in [1.82, 2.24) is 5.32 Å². The van der Waals surface area contributed by atoms with E-state index in [2.05, 4.69) is 43.4 Å². The summed E-state index contributed by atoms with van der Waals surface area (Å²) in [4.78, 5) is 0. The van der Waals surface area contributed by atoms with Crippen molar-refractivity contribution < 1.29 is 18.9 Å². The van der Waals surface area contributed by atoms with E-state index in [0.29, 0.717) is 32.5 Å². The summed E-state index contributed by atoms with van der Waals surface area (Å²) < 4.78 is 22.2. The van der Waals surface area contributed by atoms with Gasteiger partial charge < -0.3 is 24.3 Å². The Morgan fingerprint density at radius 1 is 0.741 bits per heavy atom. The Bertz CT molecular complexity index is 438. The van der Waals surface area contributed by atoms with Gasteiger partial charge in [0.2, 0.25) is 0 Å². The van der Waals surface area contributed by atoms with Crippen LogP contribution < -0.4 is 10.1 Å². The van der Waals surface area contributed by atoms with E-state index in [1.54, 1.807) is 0 Å². The molecule has 1 atom stereocenters. The molecule has 0 unspecified atom stereocenters. The highest BCUT2D eigenvalue weighted by atomic mass is 16.5. The van der Waals surface area contributed by atoms with Crippen molar-refractivity contribution in [2.45, 2.75) is 52.0 Å². The minimum absolute atomic E-state index is 0.368. The van der Waals surface area contributed by atoms with E-state index in [-0.39, 0.29) is 0 Å². The van der Waals surface area contributed by atoms with Crippen LogP contribution in [0.1, 0.15) is 57.6 Å². The van der Waals surface area contributed by atoms with E-state index in [4.69, 9.17) is 18.9 Å². The highest BCUT2D eigenvalue weighted by Gasteiger charge is 2.02. The maximum absolute atomic E-state index is 5.80. The van der Waals surface area contributed by atoms with Crippen LogP contribution in [0.15, 0.2) is 24.3 Å². The molecule has 0 aliphatic carbocycles. The average Bonchev–Trinajstić information content (AvgIpc) is 2.70. The predicted molar refractivity (Wildman–Crippen MR) is 111 cm³/mol. The minimum atomic E-state index is 0.368. The molecule has 0 radical (unpaired) electrons. The van der Waals surface area contributed by atoms with Crippen LogP contribution >= 0.6 is 0 Å². The number of benzene rings is 1. The SMILES string of the molecule is CCCOCCOCCOCCCCCCOc1ccc([C@@H](C)NC)cc1. The van der Waals surface area contributed by atoms with Crippen molar-refractivity contribution in [1.29, 1.82) is 0 Å². The van der Waals surface area contributed by atoms with Crippen LogP contribution in [0.4, 0.5) is 0 Å². The number of nitrogens with one attached hydrogen (secondary N) is 1. The zero-order valence-electron chi connectivity index (χ0n) is 17.5. The van der Waals surface area contributed by atoms with Crippen molar-refractivity contribution in [2.24, 2.45) is 0 Å². The molecular formula is C22H39NO4. The van der Waals surface area contributed by atoms with E-state index in [0.717, 1.165) is 44.8 Å². The van der Waals surface area contributed by atoms with Gasteiger partial charge in [-0.2, -0.15) is 0 Å². The standard InChI is InChI=1S/C22H39NO4/c1-4-13-24-16-18-26-19-17-25-14-7-5-6-8-15-27-22-11-9-21(10-12-22)20(2)23-3/h9-12,20,23H,4-8,13-19H2,1-3H3/t20-/m1/s1. The van der Waals surface area contributed by atoms with Gasteiger partial charge in [-0.05, 0) is 57.4 Å². The fraction of sp³-hybridized carbons (Fsp3) is 0.727. The van der Waals surface area contributed by atoms with Crippen LogP contribution in [-0.4, -0.2) is 53.3 Å². The molecule has 0 heterocycles. The zero-order valence-corrected chi connectivity index (χ0v) is 17.5. The van der Waals surface area contributed by atoms with E-state index in [9.17, 15) is 0 Å². The summed E-state index contributed by atoms with van der Waals surface area (Å²) in [6.45, 7) is 9.29. The smallest absolute Gasteiger partial charge is 0.119 e. The Morgan fingerprint density at radius 2 is 1.30 bits per heavy atom. The Balaban J connectivity index is 1.85. The fourth-order valence-electron chi connectivity index (χ4n) is 2.56. The summed E-state index contributed by atoms with van der Waals surface area (Å²) in [5.74, 6) is 0.950. The van der Waals surface area contributed by atoms with Gasteiger partial charge in [0.15, 0.2) is 0 Å². The number of hydrogen-bond donors (Lipinski definition) is 1. The monoisotopic (exact) mass is 381 g/mol. The number of ether oxygens (including phenoxy) is 4. The van der Waals surface area contributed by atoms with Crippen molar-refractivity contribution >= 4 is 0 Å². The van der Waals surface area contributed by atoms with E-state index < -0.39 is 0 Å².